The highest BCUT2D eigenvalue weighted by atomic mass is 16.3. The van der Waals surface area contributed by atoms with Gasteiger partial charge < -0.3 is 26.0 Å². The van der Waals surface area contributed by atoms with E-state index in [0.29, 0.717) is 25.9 Å². The zero-order valence-corrected chi connectivity index (χ0v) is 16.1. The number of hydrogen-bond donors (Lipinski definition) is 5. The molecule has 0 aliphatic rings. The fourth-order valence-electron chi connectivity index (χ4n) is 2.23. The second-order valence-corrected chi connectivity index (χ2v) is 5.89. The molecule has 0 radical (unpaired) electrons. The fourth-order valence-corrected chi connectivity index (χ4v) is 2.23. The highest BCUT2D eigenvalue weighted by molar-refractivity contribution is 5.46. The smallest absolute Gasteiger partial charge is 0.210 e. The molecular weight excluding hydrogens is 360 g/mol. The molecule has 0 aliphatic carbocycles. The molecule has 2 amide bonds. The van der Waals surface area contributed by atoms with Gasteiger partial charge in [0.15, 0.2) is 11.5 Å². The summed E-state index contributed by atoms with van der Waals surface area (Å²) < 4.78 is 24.1. The lowest BCUT2D eigenvalue weighted by Gasteiger charge is -2.04. The van der Waals surface area contributed by atoms with Gasteiger partial charge in [-0.2, -0.15) is 0 Å². The molecule has 154 valence electrons. The highest BCUT2D eigenvalue weighted by Gasteiger charge is 1.99. The van der Waals surface area contributed by atoms with Crippen molar-refractivity contribution in [3.8, 4) is 11.5 Å². The Hall–Kier alpha value is -3.06. The lowest BCUT2D eigenvalue weighted by Crippen LogP contribution is -2.14. The van der Waals surface area contributed by atoms with E-state index in [1.807, 2.05) is 0 Å². The molecule has 0 saturated heterocycles. The maximum absolute atomic E-state index is 10.0. The molecular formula is C21H30N2O5. The van der Waals surface area contributed by atoms with E-state index >= 15 is 0 Å². The van der Waals surface area contributed by atoms with Crippen molar-refractivity contribution in [1.82, 2.24) is 10.6 Å². The van der Waals surface area contributed by atoms with Crippen LogP contribution in [-0.4, -0.2) is 49.7 Å². The second kappa shape index (κ2) is 15.0. The Bertz CT molecular complexity index is 771. The predicted molar refractivity (Wildman–Crippen MR) is 109 cm³/mol. The number of rotatable bonds is 8. The number of aryl methyl sites for hydroxylation is 2. The lowest BCUT2D eigenvalue weighted by molar-refractivity contribution is -0.110. The van der Waals surface area contributed by atoms with Crippen molar-refractivity contribution in [3.63, 3.8) is 0 Å². The number of amides is 2. The van der Waals surface area contributed by atoms with Crippen LogP contribution in [0.2, 0.25) is 0 Å². The van der Waals surface area contributed by atoms with Crippen LogP contribution < -0.4 is 10.6 Å². The van der Waals surface area contributed by atoms with Gasteiger partial charge >= 0.3 is 0 Å². The van der Waals surface area contributed by atoms with Crippen molar-refractivity contribution in [2.75, 3.05) is 20.1 Å². The number of benzene rings is 2. The number of aliphatic hydroxyl groups is 1. The monoisotopic (exact) mass is 394 g/mol. The van der Waals surface area contributed by atoms with E-state index in [2.05, 4.69) is 47.8 Å². The van der Waals surface area contributed by atoms with E-state index in [0.717, 1.165) is 18.4 Å². The van der Waals surface area contributed by atoms with E-state index in [9.17, 15) is 9.59 Å². The van der Waals surface area contributed by atoms with Crippen molar-refractivity contribution in [2.24, 2.45) is 0 Å². The third-order valence-corrected chi connectivity index (χ3v) is 3.89. The average molecular weight is 395 g/mol. The molecule has 2 aromatic rings. The van der Waals surface area contributed by atoms with Crippen molar-refractivity contribution < 1.29 is 29.0 Å². The zero-order chi connectivity index (χ0) is 24.6. The van der Waals surface area contributed by atoms with Crippen LogP contribution in [0, 0.1) is 13.8 Å². The quantitative estimate of drug-likeness (QED) is 0.265. The van der Waals surface area contributed by atoms with E-state index in [1.54, 1.807) is 6.07 Å². The Morgan fingerprint density at radius 1 is 0.893 bits per heavy atom. The van der Waals surface area contributed by atoms with E-state index < -0.39 is 7.04 Å². The Labute approximate surface area is 171 Å². The van der Waals surface area contributed by atoms with Crippen LogP contribution in [0.15, 0.2) is 36.4 Å². The minimum absolute atomic E-state index is 0.132. The fraction of sp³-hybridized carbons (Fsp3) is 0.333. The van der Waals surface area contributed by atoms with Crippen LogP contribution in [0.25, 0.3) is 0 Å². The third-order valence-electron chi connectivity index (χ3n) is 3.89. The number of phenolic OH excluding ortho intramolecular Hbond substituents is 2. The Kier molecular flexibility index (Phi) is 9.84. The van der Waals surface area contributed by atoms with E-state index in [4.69, 9.17) is 15.8 Å². The molecule has 0 atom stereocenters. The van der Waals surface area contributed by atoms with Crippen LogP contribution in [0.3, 0.4) is 0 Å². The molecule has 7 nitrogen and oxygen atoms in total. The molecule has 0 aliphatic heterocycles. The molecule has 2 rings (SSSR count). The minimum atomic E-state index is -2.54. The number of phenols is 2. The van der Waals surface area contributed by atoms with Crippen molar-refractivity contribution in [3.05, 3.63) is 58.7 Å². The maximum atomic E-state index is 10.0. The third kappa shape index (κ3) is 10.2. The number of hydrogen-bond acceptors (Lipinski definition) is 5. The van der Waals surface area contributed by atoms with Gasteiger partial charge in [0, 0.05) is 20.1 Å². The SMILES string of the molecule is Cc1ccc(CCNC=O)cc1C.O=CNCCc1ccc(O)c(O)c1.[2H]OC([2H])([2H])[2H]. The lowest BCUT2D eigenvalue weighted by atomic mass is 10.0. The van der Waals surface area contributed by atoms with Gasteiger partial charge in [-0.1, -0.05) is 24.3 Å². The molecule has 0 spiro atoms. The molecule has 0 heterocycles. The Balaban J connectivity index is 0.000000484. The van der Waals surface area contributed by atoms with Gasteiger partial charge in [0.2, 0.25) is 14.3 Å². The molecule has 2 aromatic carbocycles. The van der Waals surface area contributed by atoms with Gasteiger partial charge in [0.05, 0.1) is 4.11 Å². The van der Waals surface area contributed by atoms with Crippen molar-refractivity contribution in [2.45, 2.75) is 26.7 Å². The summed E-state index contributed by atoms with van der Waals surface area (Å²) in [5.41, 5.74) is 4.76. The summed E-state index contributed by atoms with van der Waals surface area (Å²) in [6, 6.07) is 11.0. The van der Waals surface area contributed by atoms with Gasteiger partial charge in [-0.25, -0.2) is 0 Å². The van der Waals surface area contributed by atoms with Gasteiger partial charge in [-0.3, -0.25) is 9.59 Å². The molecule has 7 heteroatoms. The van der Waals surface area contributed by atoms with E-state index in [1.165, 1.54) is 28.8 Å². The minimum Gasteiger partial charge on any atom is -0.504 e. The zero-order valence-electron chi connectivity index (χ0n) is 20.1. The first-order valence-corrected chi connectivity index (χ1v) is 8.59. The van der Waals surface area contributed by atoms with Crippen LogP contribution in [0.1, 0.15) is 26.4 Å². The van der Waals surface area contributed by atoms with Crippen LogP contribution in [-0.2, 0) is 22.4 Å². The summed E-state index contributed by atoms with van der Waals surface area (Å²) in [6.07, 6.45) is 2.90. The molecule has 0 aromatic heterocycles. The van der Waals surface area contributed by atoms with Gasteiger partial charge in [0.25, 0.3) is 0 Å². The van der Waals surface area contributed by atoms with Crippen molar-refractivity contribution in [1.29, 1.82) is 1.43 Å². The first kappa shape index (κ1) is 18.3. The first-order valence-electron chi connectivity index (χ1n) is 10.5. The molecule has 0 fully saturated rings. The van der Waals surface area contributed by atoms with Crippen LogP contribution in [0.5, 0.6) is 11.5 Å². The predicted octanol–water partition coefficient (Wildman–Crippen LogP) is 1.59. The van der Waals surface area contributed by atoms with E-state index in [-0.39, 0.29) is 11.5 Å². The maximum Gasteiger partial charge on any atom is 0.210 e. The molecule has 28 heavy (non-hydrogen) atoms. The summed E-state index contributed by atoms with van der Waals surface area (Å²) >= 11 is 0. The van der Waals surface area contributed by atoms with Crippen LogP contribution >= 0.6 is 0 Å². The molecule has 5 N–H and O–H groups in total. The molecule has 0 unspecified atom stereocenters. The topological polar surface area (TPSA) is 119 Å². The number of aromatic hydroxyl groups is 2. The standard InChI is InChI=1S/C11H15NO.C9H11NO3.CH4O/c1-9-3-4-11(7-10(9)2)5-6-12-8-13;11-6-10-4-3-7-1-2-8(12)9(13)5-7;1-2/h3-4,7-8H,5-6H2,1-2H3,(H,12,13);1-2,5-6,12-13H,3-4H2,(H,10,11);2H,1H3/i;;1D3,2D. The summed E-state index contributed by atoms with van der Waals surface area (Å²) in [7, 11) is -2.54. The number of carbonyl (C=O) groups is 2. The van der Waals surface area contributed by atoms with Crippen molar-refractivity contribution >= 4 is 12.8 Å². The Morgan fingerprint density at radius 2 is 1.43 bits per heavy atom. The number of nitrogens with one attached hydrogen (secondary N) is 2. The Morgan fingerprint density at radius 3 is 1.89 bits per heavy atom. The second-order valence-electron chi connectivity index (χ2n) is 5.89. The summed E-state index contributed by atoms with van der Waals surface area (Å²) in [5.74, 6) is -0.268. The largest absolute Gasteiger partial charge is 0.504 e. The normalized spacial score (nSPS) is 11.6. The summed E-state index contributed by atoms with van der Waals surface area (Å²) in [5, 5.41) is 26.5. The summed E-state index contributed by atoms with van der Waals surface area (Å²) in [4.78, 5) is 19.9. The van der Waals surface area contributed by atoms with Gasteiger partial charge in [0.1, 0.15) is 0 Å². The molecule has 0 bridgehead atoms. The average Bonchev–Trinajstić information content (AvgIpc) is 2.74. The van der Waals surface area contributed by atoms with Gasteiger partial charge in [-0.15, -0.1) is 0 Å². The van der Waals surface area contributed by atoms with Crippen LogP contribution in [0.4, 0.5) is 0 Å². The van der Waals surface area contributed by atoms with Gasteiger partial charge in [-0.05, 0) is 61.1 Å². The summed E-state index contributed by atoms with van der Waals surface area (Å²) in [6.45, 7) is 5.44. The number of carbonyl (C=O) groups excluding carboxylic acids is 2. The highest BCUT2D eigenvalue weighted by Crippen LogP contribution is 2.24. The first-order chi connectivity index (χ1) is 15.0. The molecule has 0 saturated carbocycles.